The molecule has 1 fully saturated rings. The zero-order chi connectivity index (χ0) is 18.4. The molecular weight excluding hydrogens is 349 g/mol. The highest BCUT2D eigenvalue weighted by Crippen LogP contribution is 2.40. The number of aromatic nitrogens is 1. The molecule has 1 saturated carbocycles. The summed E-state index contributed by atoms with van der Waals surface area (Å²) in [6.07, 6.45) is 7.79. The summed E-state index contributed by atoms with van der Waals surface area (Å²) in [5, 5.41) is 3.18. The van der Waals surface area contributed by atoms with E-state index in [1.165, 1.54) is 12.1 Å². The Kier molecular flexibility index (Phi) is 6.29. The van der Waals surface area contributed by atoms with Crippen LogP contribution >= 0.6 is 12.2 Å². The van der Waals surface area contributed by atoms with Crippen LogP contribution in [0.3, 0.4) is 0 Å². The van der Waals surface area contributed by atoms with Gasteiger partial charge in [-0.05, 0) is 42.2 Å². The van der Waals surface area contributed by atoms with Gasteiger partial charge in [-0.25, -0.2) is 4.39 Å². The molecule has 0 amide bonds. The number of thiocarbonyl (C=S) groups is 1. The summed E-state index contributed by atoms with van der Waals surface area (Å²) in [7, 11) is 1.87. The highest BCUT2D eigenvalue weighted by molar-refractivity contribution is 7.80. The Labute approximate surface area is 159 Å². The molecule has 1 aliphatic carbocycles. The molecule has 0 bridgehead atoms. The van der Waals surface area contributed by atoms with E-state index >= 15 is 0 Å². The standard InChI is InChI=1S/C20H24FN3OS/c1-22-19(26)20(16-5-4-12-23-13-16)11-3-2-6-18(20)24-25-14-15-7-9-17(21)10-8-15/h4-5,7-10,12-13,18,24H,2-3,6,11,14H2,1H3,(H,22,26)/t18-,20+/m0/s1. The van der Waals surface area contributed by atoms with E-state index in [1.807, 2.05) is 19.3 Å². The molecule has 0 saturated heterocycles. The van der Waals surface area contributed by atoms with Gasteiger partial charge in [0.25, 0.3) is 0 Å². The largest absolute Gasteiger partial charge is 0.382 e. The summed E-state index contributed by atoms with van der Waals surface area (Å²) < 4.78 is 13.0. The summed E-state index contributed by atoms with van der Waals surface area (Å²) in [5.41, 5.74) is 4.91. The van der Waals surface area contributed by atoms with Crippen LogP contribution < -0.4 is 10.8 Å². The van der Waals surface area contributed by atoms with Crippen molar-refractivity contribution in [1.29, 1.82) is 0 Å². The second-order valence-electron chi connectivity index (χ2n) is 6.62. The van der Waals surface area contributed by atoms with Crippen LogP contribution in [0.4, 0.5) is 4.39 Å². The summed E-state index contributed by atoms with van der Waals surface area (Å²) >= 11 is 5.73. The average molecular weight is 373 g/mol. The van der Waals surface area contributed by atoms with Gasteiger partial charge in [-0.1, -0.05) is 43.3 Å². The lowest BCUT2D eigenvalue weighted by atomic mass is 9.66. The van der Waals surface area contributed by atoms with E-state index in [0.717, 1.165) is 41.8 Å². The number of likely N-dealkylation sites (N-methyl/N-ethyl adjacent to an activating group) is 1. The Hall–Kier alpha value is -1.89. The van der Waals surface area contributed by atoms with Crippen LogP contribution in [0, 0.1) is 5.82 Å². The van der Waals surface area contributed by atoms with Gasteiger partial charge in [-0.3, -0.25) is 9.82 Å². The highest BCUT2D eigenvalue weighted by Gasteiger charge is 2.46. The lowest BCUT2D eigenvalue weighted by Gasteiger charge is -2.44. The van der Waals surface area contributed by atoms with Crippen molar-refractivity contribution in [2.75, 3.05) is 7.05 Å². The van der Waals surface area contributed by atoms with E-state index in [-0.39, 0.29) is 17.3 Å². The van der Waals surface area contributed by atoms with Crippen LogP contribution in [-0.4, -0.2) is 23.1 Å². The van der Waals surface area contributed by atoms with Crippen LogP contribution in [-0.2, 0) is 16.9 Å². The van der Waals surface area contributed by atoms with Gasteiger partial charge in [-0.15, -0.1) is 0 Å². The van der Waals surface area contributed by atoms with E-state index in [1.54, 1.807) is 18.3 Å². The molecule has 2 N–H and O–H groups in total. The maximum atomic E-state index is 13.0. The summed E-state index contributed by atoms with van der Waals surface area (Å²) in [6.45, 7) is 0.367. The molecule has 1 heterocycles. The molecule has 1 aromatic carbocycles. The normalized spacial score (nSPS) is 22.8. The maximum absolute atomic E-state index is 13.0. The Morgan fingerprint density at radius 3 is 2.81 bits per heavy atom. The molecule has 6 heteroatoms. The minimum absolute atomic E-state index is 0.0425. The third kappa shape index (κ3) is 3.92. The molecule has 0 unspecified atom stereocenters. The minimum Gasteiger partial charge on any atom is -0.382 e. The predicted octanol–water partition coefficient (Wildman–Crippen LogP) is 3.67. The van der Waals surface area contributed by atoms with Crippen LogP contribution in [0.15, 0.2) is 48.8 Å². The second-order valence-corrected chi connectivity index (χ2v) is 7.03. The number of hydroxylamine groups is 1. The quantitative estimate of drug-likeness (QED) is 0.598. The smallest absolute Gasteiger partial charge is 0.123 e. The third-order valence-electron chi connectivity index (χ3n) is 5.10. The zero-order valence-corrected chi connectivity index (χ0v) is 15.7. The Bertz CT molecular complexity index is 726. The van der Waals surface area contributed by atoms with Gasteiger partial charge in [0.1, 0.15) is 5.82 Å². The van der Waals surface area contributed by atoms with Gasteiger partial charge in [0.2, 0.25) is 0 Å². The lowest BCUT2D eigenvalue weighted by molar-refractivity contribution is -0.0178. The number of rotatable bonds is 6. The van der Waals surface area contributed by atoms with Crippen molar-refractivity contribution in [1.82, 2.24) is 15.8 Å². The molecule has 0 spiro atoms. The van der Waals surface area contributed by atoms with Crippen LogP contribution in [0.5, 0.6) is 0 Å². The summed E-state index contributed by atoms with van der Waals surface area (Å²) in [4.78, 5) is 10.9. The van der Waals surface area contributed by atoms with Crippen LogP contribution in [0.1, 0.15) is 36.8 Å². The van der Waals surface area contributed by atoms with Gasteiger partial charge in [0, 0.05) is 25.5 Å². The molecular formula is C20H24FN3OS. The fraction of sp³-hybridized carbons (Fsp3) is 0.400. The molecule has 3 rings (SSSR count). The molecule has 1 aromatic heterocycles. The predicted molar refractivity (Wildman–Crippen MR) is 104 cm³/mol. The number of nitrogens with one attached hydrogen (secondary N) is 2. The SMILES string of the molecule is CNC(=S)[C@@]1(c2cccnc2)CCCC[C@@H]1NOCc1ccc(F)cc1. The number of nitrogens with zero attached hydrogens (tertiary/aromatic N) is 1. The van der Waals surface area contributed by atoms with Crippen molar-refractivity contribution in [3.63, 3.8) is 0 Å². The monoisotopic (exact) mass is 373 g/mol. The summed E-state index contributed by atoms with van der Waals surface area (Å²) in [5.74, 6) is -0.246. The van der Waals surface area contributed by atoms with Gasteiger partial charge >= 0.3 is 0 Å². The Balaban J connectivity index is 1.78. The van der Waals surface area contributed by atoms with E-state index < -0.39 is 0 Å². The molecule has 0 aliphatic heterocycles. The number of hydrogen-bond donors (Lipinski definition) is 2. The molecule has 4 nitrogen and oxygen atoms in total. The van der Waals surface area contributed by atoms with Crippen LogP contribution in [0.25, 0.3) is 0 Å². The van der Waals surface area contributed by atoms with E-state index in [2.05, 4.69) is 21.8 Å². The first-order chi connectivity index (χ1) is 12.7. The first kappa shape index (κ1) is 18.9. The summed E-state index contributed by atoms with van der Waals surface area (Å²) in [6, 6.07) is 10.4. The third-order valence-corrected chi connectivity index (χ3v) is 5.66. The Morgan fingerprint density at radius 1 is 1.31 bits per heavy atom. The number of hydrogen-bond acceptors (Lipinski definition) is 4. The lowest BCUT2D eigenvalue weighted by Crippen LogP contribution is -2.57. The zero-order valence-electron chi connectivity index (χ0n) is 14.9. The van der Waals surface area contributed by atoms with Crippen LogP contribution in [0.2, 0.25) is 0 Å². The molecule has 0 radical (unpaired) electrons. The number of pyridine rings is 1. The fourth-order valence-electron chi connectivity index (χ4n) is 3.74. The maximum Gasteiger partial charge on any atom is 0.123 e. The van der Waals surface area contributed by atoms with Crippen molar-refractivity contribution in [2.45, 2.75) is 43.7 Å². The highest BCUT2D eigenvalue weighted by atomic mass is 32.1. The van der Waals surface area contributed by atoms with E-state index in [0.29, 0.717) is 6.61 Å². The molecule has 138 valence electrons. The molecule has 26 heavy (non-hydrogen) atoms. The molecule has 2 aromatic rings. The van der Waals surface area contributed by atoms with Crippen molar-refractivity contribution in [3.8, 4) is 0 Å². The second kappa shape index (κ2) is 8.66. The minimum atomic E-state index is -0.348. The van der Waals surface area contributed by atoms with Crippen molar-refractivity contribution < 1.29 is 9.23 Å². The molecule has 1 aliphatic rings. The van der Waals surface area contributed by atoms with E-state index in [4.69, 9.17) is 17.1 Å². The van der Waals surface area contributed by atoms with Gasteiger partial charge in [-0.2, -0.15) is 5.48 Å². The molecule has 2 atom stereocenters. The fourth-order valence-corrected chi connectivity index (χ4v) is 4.10. The van der Waals surface area contributed by atoms with E-state index in [9.17, 15) is 4.39 Å². The van der Waals surface area contributed by atoms with Gasteiger partial charge < -0.3 is 5.32 Å². The first-order valence-electron chi connectivity index (χ1n) is 8.91. The average Bonchev–Trinajstić information content (AvgIpc) is 2.70. The first-order valence-corrected chi connectivity index (χ1v) is 9.32. The van der Waals surface area contributed by atoms with Crippen molar-refractivity contribution in [3.05, 3.63) is 65.7 Å². The number of halogens is 1. The van der Waals surface area contributed by atoms with Crippen molar-refractivity contribution in [2.24, 2.45) is 0 Å². The number of benzene rings is 1. The topological polar surface area (TPSA) is 46.2 Å². The van der Waals surface area contributed by atoms with Crippen molar-refractivity contribution >= 4 is 17.2 Å². The van der Waals surface area contributed by atoms with Gasteiger partial charge in [0.15, 0.2) is 0 Å². The Morgan fingerprint density at radius 2 is 2.12 bits per heavy atom. The van der Waals surface area contributed by atoms with Gasteiger partial charge in [0.05, 0.1) is 17.0 Å².